The number of rotatable bonds is 6. The van der Waals surface area contributed by atoms with Crippen molar-refractivity contribution in [2.45, 2.75) is 19.5 Å². The third-order valence-corrected chi connectivity index (χ3v) is 3.04. The highest BCUT2D eigenvalue weighted by molar-refractivity contribution is 7.09. The van der Waals surface area contributed by atoms with Crippen LogP contribution in [0.1, 0.15) is 11.8 Å². The molecule has 4 nitrogen and oxygen atoms in total. The number of likely N-dealkylation sites (N-methyl/N-ethyl adjacent to an activating group) is 1. The van der Waals surface area contributed by atoms with Crippen LogP contribution in [0.4, 0.5) is 0 Å². The first kappa shape index (κ1) is 12.2. The summed E-state index contributed by atoms with van der Waals surface area (Å²) in [5, 5.41) is 10.7. The second kappa shape index (κ2) is 5.85. The number of hydrogen-bond donors (Lipinski definition) is 2. The van der Waals surface area contributed by atoms with E-state index in [1.54, 1.807) is 11.3 Å². The van der Waals surface area contributed by atoms with E-state index >= 15 is 0 Å². The van der Waals surface area contributed by atoms with Gasteiger partial charge in [0.25, 0.3) is 0 Å². The fourth-order valence-electron chi connectivity index (χ4n) is 1.28. The molecule has 0 bridgehead atoms. The van der Waals surface area contributed by atoms with Crippen LogP contribution in [0.3, 0.4) is 0 Å². The van der Waals surface area contributed by atoms with Crippen LogP contribution in [-0.4, -0.2) is 35.1 Å². The van der Waals surface area contributed by atoms with E-state index in [-0.39, 0.29) is 0 Å². The quantitative estimate of drug-likeness (QED) is 0.761. The number of carbonyl (C=O) groups is 1. The van der Waals surface area contributed by atoms with Crippen LogP contribution >= 0.6 is 11.3 Å². The van der Waals surface area contributed by atoms with Gasteiger partial charge in [0, 0.05) is 18.0 Å². The Morgan fingerprint density at radius 3 is 2.93 bits per heavy atom. The molecule has 0 aromatic carbocycles. The van der Waals surface area contributed by atoms with Crippen molar-refractivity contribution in [1.82, 2.24) is 4.90 Å². The van der Waals surface area contributed by atoms with Crippen LogP contribution < -0.4 is 5.73 Å². The topological polar surface area (TPSA) is 66.6 Å². The zero-order chi connectivity index (χ0) is 11.3. The van der Waals surface area contributed by atoms with Crippen molar-refractivity contribution < 1.29 is 9.90 Å². The van der Waals surface area contributed by atoms with Crippen molar-refractivity contribution in [2.75, 3.05) is 13.1 Å². The molecule has 0 saturated heterocycles. The van der Waals surface area contributed by atoms with Crippen LogP contribution in [0.15, 0.2) is 17.5 Å². The maximum atomic E-state index is 10.6. The van der Waals surface area contributed by atoms with Crippen molar-refractivity contribution >= 4 is 17.3 Å². The molecular weight excluding hydrogens is 212 g/mol. The standard InChI is InChI=1S/C10H16N2O2S/c1-2-12(7-9(11)10(13)14)6-8-4-3-5-15-8/h3-5,9H,2,6-7,11H2,1H3,(H,13,14). The summed E-state index contributed by atoms with van der Waals surface area (Å²) in [5.74, 6) is -0.945. The van der Waals surface area contributed by atoms with E-state index in [2.05, 4.69) is 0 Å². The van der Waals surface area contributed by atoms with E-state index < -0.39 is 12.0 Å². The van der Waals surface area contributed by atoms with E-state index in [1.165, 1.54) is 4.88 Å². The van der Waals surface area contributed by atoms with E-state index in [0.29, 0.717) is 6.54 Å². The smallest absolute Gasteiger partial charge is 0.321 e. The fourth-order valence-corrected chi connectivity index (χ4v) is 2.03. The van der Waals surface area contributed by atoms with Crippen molar-refractivity contribution in [1.29, 1.82) is 0 Å². The maximum absolute atomic E-state index is 10.6. The minimum atomic E-state index is -0.945. The first-order valence-electron chi connectivity index (χ1n) is 4.86. The lowest BCUT2D eigenvalue weighted by Gasteiger charge is -2.21. The summed E-state index contributed by atoms with van der Waals surface area (Å²) >= 11 is 1.67. The lowest BCUT2D eigenvalue weighted by atomic mass is 10.3. The van der Waals surface area contributed by atoms with Gasteiger partial charge < -0.3 is 10.8 Å². The summed E-state index contributed by atoms with van der Waals surface area (Å²) in [6, 6.07) is 3.23. The third kappa shape index (κ3) is 3.99. The molecule has 3 N–H and O–H groups in total. The van der Waals surface area contributed by atoms with Gasteiger partial charge in [0.05, 0.1) is 0 Å². The van der Waals surface area contributed by atoms with Crippen molar-refractivity contribution in [3.63, 3.8) is 0 Å². The Hall–Kier alpha value is -0.910. The molecule has 0 fully saturated rings. The summed E-state index contributed by atoms with van der Waals surface area (Å²) in [4.78, 5) is 13.9. The molecule has 1 unspecified atom stereocenters. The van der Waals surface area contributed by atoms with Crippen molar-refractivity contribution in [2.24, 2.45) is 5.73 Å². The highest BCUT2D eigenvalue weighted by atomic mass is 32.1. The fraction of sp³-hybridized carbons (Fsp3) is 0.500. The molecule has 1 aromatic heterocycles. The Kier molecular flexibility index (Phi) is 4.74. The van der Waals surface area contributed by atoms with Gasteiger partial charge in [0.1, 0.15) is 6.04 Å². The molecule has 1 rings (SSSR count). The molecular formula is C10H16N2O2S. The average Bonchev–Trinajstić information content (AvgIpc) is 2.69. The zero-order valence-corrected chi connectivity index (χ0v) is 9.54. The Bertz CT molecular complexity index is 300. The van der Waals surface area contributed by atoms with Gasteiger partial charge in [-0.2, -0.15) is 0 Å². The molecule has 1 aromatic rings. The molecule has 84 valence electrons. The minimum absolute atomic E-state index is 0.393. The van der Waals surface area contributed by atoms with Gasteiger partial charge in [0.2, 0.25) is 0 Å². The van der Waals surface area contributed by atoms with Crippen molar-refractivity contribution in [3.8, 4) is 0 Å². The molecule has 5 heteroatoms. The number of nitrogens with two attached hydrogens (primary N) is 1. The number of carboxylic acid groups (broad SMARTS) is 1. The predicted molar refractivity (Wildman–Crippen MR) is 60.9 cm³/mol. The van der Waals surface area contributed by atoms with E-state index in [9.17, 15) is 4.79 Å². The Morgan fingerprint density at radius 1 is 1.73 bits per heavy atom. The third-order valence-electron chi connectivity index (χ3n) is 2.18. The lowest BCUT2D eigenvalue weighted by molar-refractivity contribution is -0.139. The lowest BCUT2D eigenvalue weighted by Crippen LogP contribution is -2.42. The molecule has 0 aliphatic heterocycles. The average molecular weight is 228 g/mol. The predicted octanol–water partition coefficient (Wildman–Crippen LogP) is 0.982. The van der Waals surface area contributed by atoms with Crippen molar-refractivity contribution in [3.05, 3.63) is 22.4 Å². The molecule has 1 heterocycles. The molecule has 0 aliphatic rings. The van der Waals surface area contributed by atoms with Gasteiger partial charge in [-0.1, -0.05) is 13.0 Å². The number of aliphatic carboxylic acids is 1. The Balaban J connectivity index is 2.46. The van der Waals surface area contributed by atoms with Gasteiger partial charge in [0.15, 0.2) is 0 Å². The summed E-state index contributed by atoms with van der Waals surface area (Å²) in [5.41, 5.74) is 5.48. The van der Waals surface area contributed by atoms with E-state index in [0.717, 1.165) is 13.1 Å². The van der Waals surface area contributed by atoms with Crippen LogP contribution in [-0.2, 0) is 11.3 Å². The highest BCUT2D eigenvalue weighted by Crippen LogP contribution is 2.11. The largest absolute Gasteiger partial charge is 0.480 e. The molecule has 0 spiro atoms. The Morgan fingerprint density at radius 2 is 2.47 bits per heavy atom. The monoisotopic (exact) mass is 228 g/mol. The highest BCUT2D eigenvalue weighted by Gasteiger charge is 2.15. The van der Waals surface area contributed by atoms with E-state index in [4.69, 9.17) is 10.8 Å². The molecule has 15 heavy (non-hydrogen) atoms. The first-order valence-corrected chi connectivity index (χ1v) is 5.74. The second-order valence-electron chi connectivity index (χ2n) is 3.35. The Labute approximate surface area is 93.3 Å². The van der Waals surface area contributed by atoms with Gasteiger partial charge in [-0.3, -0.25) is 9.69 Å². The number of nitrogens with zero attached hydrogens (tertiary/aromatic N) is 1. The summed E-state index contributed by atoms with van der Waals surface area (Å²) in [6.45, 7) is 3.97. The van der Waals surface area contributed by atoms with Crippen LogP contribution in [0.25, 0.3) is 0 Å². The van der Waals surface area contributed by atoms with Gasteiger partial charge >= 0.3 is 5.97 Å². The minimum Gasteiger partial charge on any atom is -0.480 e. The first-order chi connectivity index (χ1) is 7.13. The summed E-state index contributed by atoms with van der Waals surface area (Å²) < 4.78 is 0. The van der Waals surface area contributed by atoms with Crippen LogP contribution in [0.5, 0.6) is 0 Å². The van der Waals surface area contributed by atoms with Crippen LogP contribution in [0, 0.1) is 0 Å². The maximum Gasteiger partial charge on any atom is 0.321 e. The molecule has 0 saturated carbocycles. The molecule has 1 atom stereocenters. The summed E-state index contributed by atoms with van der Waals surface area (Å²) in [7, 11) is 0. The van der Waals surface area contributed by atoms with Gasteiger partial charge in [-0.15, -0.1) is 11.3 Å². The second-order valence-corrected chi connectivity index (χ2v) is 4.38. The SMILES string of the molecule is CCN(Cc1cccs1)CC(N)C(=O)O. The number of hydrogen-bond acceptors (Lipinski definition) is 4. The summed E-state index contributed by atoms with van der Waals surface area (Å²) in [6.07, 6.45) is 0. The normalized spacial score (nSPS) is 13.0. The molecule has 0 amide bonds. The molecule has 0 aliphatic carbocycles. The number of carboxylic acids is 1. The van der Waals surface area contributed by atoms with Crippen LogP contribution in [0.2, 0.25) is 0 Å². The van der Waals surface area contributed by atoms with Gasteiger partial charge in [-0.25, -0.2) is 0 Å². The van der Waals surface area contributed by atoms with E-state index in [1.807, 2.05) is 29.3 Å². The zero-order valence-electron chi connectivity index (χ0n) is 8.72. The molecule has 0 radical (unpaired) electrons. The van der Waals surface area contributed by atoms with Gasteiger partial charge in [-0.05, 0) is 18.0 Å². The number of thiophene rings is 1.